The molecule has 136 valence electrons. The Morgan fingerprint density at radius 1 is 1.15 bits per heavy atom. The van der Waals surface area contributed by atoms with E-state index in [1.165, 1.54) is 24.3 Å². The maximum absolute atomic E-state index is 11.9. The smallest absolute Gasteiger partial charge is 0.338 e. The summed E-state index contributed by atoms with van der Waals surface area (Å²) in [5.41, 5.74) is 0.389. The van der Waals surface area contributed by atoms with E-state index in [9.17, 15) is 19.7 Å². The van der Waals surface area contributed by atoms with Crippen LogP contribution in [0.5, 0.6) is 5.75 Å². The van der Waals surface area contributed by atoms with E-state index in [-0.39, 0.29) is 16.9 Å². The van der Waals surface area contributed by atoms with Crippen LogP contribution in [-0.2, 0) is 9.53 Å². The average Bonchev–Trinajstić information content (AvgIpc) is 2.65. The summed E-state index contributed by atoms with van der Waals surface area (Å²) in [7, 11) is 0. The van der Waals surface area contributed by atoms with Gasteiger partial charge in [0.05, 0.1) is 17.1 Å². The molecular formula is C18H18N2O6. The molecule has 8 heteroatoms. The quantitative estimate of drug-likeness (QED) is 0.441. The largest absolute Gasteiger partial charge is 0.494 e. The summed E-state index contributed by atoms with van der Waals surface area (Å²) in [6.07, 6.45) is 0.878. The Morgan fingerprint density at radius 3 is 2.54 bits per heavy atom. The fourth-order valence-corrected chi connectivity index (χ4v) is 2.02. The van der Waals surface area contributed by atoms with Crippen molar-refractivity contribution in [3.8, 4) is 5.75 Å². The second-order valence-corrected chi connectivity index (χ2v) is 5.30. The number of hydrogen-bond donors (Lipinski definition) is 1. The highest BCUT2D eigenvalue weighted by atomic mass is 16.6. The summed E-state index contributed by atoms with van der Waals surface area (Å²) >= 11 is 0. The number of nitrogens with zero attached hydrogens (tertiary/aromatic N) is 1. The minimum absolute atomic E-state index is 0.148. The molecule has 0 unspecified atom stereocenters. The first-order valence-corrected chi connectivity index (χ1v) is 7.94. The molecule has 0 aliphatic heterocycles. The second kappa shape index (κ2) is 9.16. The number of carbonyl (C=O) groups is 2. The normalized spacial score (nSPS) is 10.0. The SMILES string of the molecule is CCCOc1ccc(C(=O)OCC(=O)Nc2cccc([N+](=O)[O-])c2)cc1. The van der Waals surface area contributed by atoms with E-state index in [1.807, 2.05) is 6.92 Å². The van der Waals surface area contributed by atoms with Crippen LogP contribution in [-0.4, -0.2) is 30.0 Å². The first kappa shape index (κ1) is 18.9. The van der Waals surface area contributed by atoms with Crippen molar-refractivity contribution in [2.45, 2.75) is 13.3 Å². The molecule has 0 heterocycles. The molecule has 26 heavy (non-hydrogen) atoms. The van der Waals surface area contributed by atoms with Crippen LogP contribution in [0.15, 0.2) is 48.5 Å². The Hall–Kier alpha value is -3.42. The van der Waals surface area contributed by atoms with Gasteiger partial charge in [-0.05, 0) is 36.8 Å². The molecule has 1 amide bonds. The minimum Gasteiger partial charge on any atom is -0.494 e. The molecule has 2 rings (SSSR count). The van der Waals surface area contributed by atoms with E-state index in [0.717, 1.165) is 6.42 Å². The second-order valence-electron chi connectivity index (χ2n) is 5.30. The maximum Gasteiger partial charge on any atom is 0.338 e. The Morgan fingerprint density at radius 2 is 1.88 bits per heavy atom. The molecule has 0 aliphatic rings. The number of nitrogens with one attached hydrogen (secondary N) is 1. The van der Waals surface area contributed by atoms with E-state index in [0.29, 0.717) is 12.4 Å². The third-order valence-corrected chi connectivity index (χ3v) is 3.24. The summed E-state index contributed by atoms with van der Waals surface area (Å²) in [6, 6.07) is 11.9. The zero-order chi connectivity index (χ0) is 18.9. The fourth-order valence-electron chi connectivity index (χ4n) is 2.02. The molecule has 0 radical (unpaired) electrons. The summed E-state index contributed by atoms with van der Waals surface area (Å²) in [6.45, 7) is 2.07. The molecular weight excluding hydrogens is 340 g/mol. The summed E-state index contributed by atoms with van der Waals surface area (Å²) in [5.74, 6) is -0.602. The topological polar surface area (TPSA) is 108 Å². The van der Waals surface area contributed by atoms with Gasteiger partial charge in [-0.3, -0.25) is 14.9 Å². The number of benzene rings is 2. The van der Waals surface area contributed by atoms with Crippen molar-refractivity contribution >= 4 is 23.3 Å². The molecule has 0 fully saturated rings. The molecule has 0 saturated carbocycles. The van der Waals surface area contributed by atoms with E-state index < -0.39 is 23.4 Å². The maximum atomic E-state index is 11.9. The molecule has 0 atom stereocenters. The average molecular weight is 358 g/mol. The van der Waals surface area contributed by atoms with Crippen LogP contribution in [0.3, 0.4) is 0 Å². The van der Waals surface area contributed by atoms with E-state index in [2.05, 4.69) is 5.32 Å². The van der Waals surface area contributed by atoms with Crippen LogP contribution in [0.2, 0.25) is 0 Å². The number of rotatable bonds is 8. The van der Waals surface area contributed by atoms with Crippen LogP contribution >= 0.6 is 0 Å². The number of amides is 1. The van der Waals surface area contributed by atoms with Crippen LogP contribution in [0.25, 0.3) is 0 Å². The zero-order valence-corrected chi connectivity index (χ0v) is 14.1. The third kappa shape index (κ3) is 5.59. The van der Waals surface area contributed by atoms with Crippen molar-refractivity contribution in [3.05, 3.63) is 64.2 Å². The van der Waals surface area contributed by atoms with E-state index in [4.69, 9.17) is 9.47 Å². The van der Waals surface area contributed by atoms with Gasteiger partial charge in [0, 0.05) is 17.8 Å². The zero-order valence-electron chi connectivity index (χ0n) is 14.1. The molecule has 0 aromatic heterocycles. The highest BCUT2D eigenvalue weighted by Crippen LogP contribution is 2.17. The molecule has 2 aromatic rings. The van der Waals surface area contributed by atoms with Gasteiger partial charge < -0.3 is 14.8 Å². The van der Waals surface area contributed by atoms with Gasteiger partial charge in [-0.1, -0.05) is 13.0 Å². The lowest BCUT2D eigenvalue weighted by Gasteiger charge is -2.08. The van der Waals surface area contributed by atoms with Crippen molar-refractivity contribution in [3.63, 3.8) is 0 Å². The van der Waals surface area contributed by atoms with Crippen molar-refractivity contribution in [2.75, 3.05) is 18.5 Å². The molecule has 1 N–H and O–H groups in total. The fraction of sp³-hybridized carbons (Fsp3) is 0.222. The lowest BCUT2D eigenvalue weighted by atomic mass is 10.2. The minimum atomic E-state index is -0.652. The highest BCUT2D eigenvalue weighted by molar-refractivity contribution is 5.95. The Labute approximate surface area is 149 Å². The number of esters is 1. The van der Waals surface area contributed by atoms with Crippen LogP contribution in [0.1, 0.15) is 23.7 Å². The van der Waals surface area contributed by atoms with Gasteiger partial charge in [0.15, 0.2) is 6.61 Å². The number of nitro groups is 1. The molecule has 0 saturated heterocycles. The Bertz CT molecular complexity index is 789. The van der Waals surface area contributed by atoms with Crippen LogP contribution < -0.4 is 10.1 Å². The number of hydrogen-bond acceptors (Lipinski definition) is 6. The Balaban J connectivity index is 1.85. The van der Waals surface area contributed by atoms with Gasteiger partial charge in [0.25, 0.3) is 11.6 Å². The molecule has 2 aromatic carbocycles. The molecule has 0 aliphatic carbocycles. The van der Waals surface area contributed by atoms with Gasteiger partial charge in [-0.2, -0.15) is 0 Å². The predicted octanol–water partition coefficient (Wildman–Crippen LogP) is 3.18. The number of carbonyl (C=O) groups excluding carboxylic acids is 2. The van der Waals surface area contributed by atoms with Gasteiger partial charge >= 0.3 is 5.97 Å². The molecule has 0 bridgehead atoms. The monoisotopic (exact) mass is 358 g/mol. The lowest BCUT2D eigenvalue weighted by Crippen LogP contribution is -2.21. The van der Waals surface area contributed by atoms with Gasteiger partial charge in [-0.25, -0.2) is 4.79 Å². The van der Waals surface area contributed by atoms with E-state index >= 15 is 0 Å². The highest BCUT2D eigenvalue weighted by Gasteiger charge is 2.12. The first-order chi connectivity index (χ1) is 12.5. The number of nitro benzene ring substituents is 1. The van der Waals surface area contributed by atoms with Gasteiger partial charge in [-0.15, -0.1) is 0 Å². The summed E-state index contributed by atoms with van der Waals surface area (Å²) in [4.78, 5) is 33.9. The van der Waals surface area contributed by atoms with Gasteiger partial charge in [0.1, 0.15) is 5.75 Å². The summed E-state index contributed by atoms with van der Waals surface area (Å²) in [5, 5.41) is 13.1. The van der Waals surface area contributed by atoms with Crippen LogP contribution in [0.4, 0.5) is 11.4 Å². The number of anilines is 1. The Kier molecular flexibility index (Phi) is 6.67. The number of ether oxygens (including phenoxy) is 2. The van der Waals surface area contributed by atoms with Crippen LogP contribution in [0, 0.1) is 10.1 Å². The molecule has 0 spiro atoms. The van der Waals surface area contributed by atoms with Crippen molar-refractivity contribution in [1.29, 1.82) is 0 Å². The standard InChI is InChI=1S/C18H18N2O6/c1-2-10-25-16-8-6-13(7-9-16)18(22)26-12-17(21)19-14-4-3-5-15(11-14)20(23)24/h3-9,11H,2,10,12H2,1H3,(H,19,21). The van der Waals surface area contributed by atoms with E-state index in [1.54, 1.807) is 24.3 Å². The molecule has 8 nitrogen and oxygen atoms in total. The number of non-ortho nitro benzene ring substituents is 1. The first-order valence-electron chi connectivity index (χ1n) is 7.94. The van der Waals surface area contributed by atoms with Crippen molar-refractivity contribution in [2.24, 2.45) is 0 Å². The summed E-state index contributed by atoms with van der Waals surface area (Å²) < 4.78 is 10.4. The third-order valence-electron chi connectivity index (χ3n) is 3.24. The van der Waals surface area contributed by atoms with Crippen molar-refractivity contribution < 1.29 is 24.0 Å². The predicted molar refractivity (Wildman–Crippen MR) is 94.2 cm³/mol. The van der Waals surface area contributed by atoms with Crippen molar-refractivity contribution in [1.82, 2.24) is 0 Å². The lowest BCUT2D eigenvalue weighted by molar-refractivity contribution is -0.384. The van der Waals surface area contributed by atoms with Gasteiger partial charge in [0.2, 0.25) is 0 Å².